The molecule has 0 aliphatic carbocycles. The van der Waals surface area contributed by atoms with Crippen LogP contribution in [0.4, 0.5) is 10.1 Å². The lowest BCUT2D eigenvalue weighted by Gasteiger charge is -2.20. The largest absolute Gasteiger partial charge is 0.495 e. The van der Waals surface area contributed by atoms with E-state index in [2.05, 4.69) is 10.0 Å². The number of benzene rings is 3. The van der Waals surface area contributed by atoms with Crippen molar-refractivity contribution in [3.05, 3.63) is 89.7 Å². The lowest BCUT2D eigenvalue weighted by molar-refractivity contribution is -0.117. The number of anilines is 1. The van der Waals surface area contributed by atoms with Crippen LogP contribution in [0.1, 0.15) is 11.1 Å². The predicted octanol–water partition coefficient (Wildman–Crippen LogP) is 3.67. The molecule has 3 aromatic rings. The van der Waals surface area contributed by atoms with Crippen molar-refractivity contribution in [1.82, 2.24) is 4.72 Å². The van der Waals surface area contributed by atoms with Gasteiger partial charge in [-0.1, -0.05) is 42.5 Å². The minimum Gasteiger partial charge on any atom is -0.495 e. The molecule has 2 N–H and O–H groups in total. The molecule has 0 aliphatic rings. The molecule has 0 aliphatic heterocycles. The van der Waals surface area contributed by atoms with Crippen molar-refractivity contribution in [3.63, 3.8) is 0 Å². The molecule has 0 aromatic heterocycles. The number of methoxy groups -OCH3 is 1. The number of hydrogen-bond donors (Lipinski definition) is 2. The highest BCUT2D eigenvalue weighted by molar-refractivity contribution is 7.89. The fourth-order valence-corrected chi connectivity index (χ4v) is 4.48. The first-order chi connectivity index (χ1) is 14.8. The fourth-order valence-electron chi connectivity index (χ4n) is 3.10. The quantitative estimate of drug-likeness (QED) is 0.558. The number of halogens is 1. The summed E-state index contributed by atoms with van der Waals surface area (Å²) in [5.41, 5.74) is 2.26. The van der Waals surface area contributed by atoms with Gasteiger partial charge in [0, 0.05) is 5.69 Å². The average Bonchev–Trinajstić information content (AvgIpc) is 2.74. The molecule has 162 valence electrons. The molecule has 1 unspecified atom stereocenters. The number of rotatable bonds is 8. The molecule has 1 atom stereocenters. The number of aryl methyl sites for hydroxylation is 1. The highest BCUT2D eigenvalue weighted by Gasteiger charge is 2.28. The normalized spacial score (nSPS) is 12.2. The van der Waals surface area contributed by atoms with E-state index in [0.29, 0.717) is 5.69 Å². The monoisotopic (exact) mass is 442 g/mol. The number of carbonyl (C=O) groups is 1. The van der Waals surface area contributed by atoms with E-state index in [1.807, 2.05) is 19.1 Å². The van der Waals surface area contributed by atoms with Gasteiger partial charge in [-0.15, -0.1) is 0 Å². The van der Waals surface area contributed by atoms with E-state index in [0.717, 1.165) is 23.3 Å². The van der Waals surface area contributed by atoms with Gasteiger partial charge in [0.2, 0.25) is 15.9 Å². The van der Waals surface area contributed by atoms with E-state index in [9.17, 15) is 17.6 Å². The first kappa shape index (κ1) is 22.5. The minimum atomic E-state index is -4.27. The van der Waals surface area contributed by atoms with Gasteiger partial charge in [-0.25, -0.2) is 12.8 Å². The van der Waals surface area contributed by atoms with Crippen LogP contribution in [0.5, 0.6) is 5.75 Å². The van der Waals surface area contributed by atoms with Crippen molar-refractivity contribution in [2.45, 2.75) is 24.3 Å². The molecular formula is C23H23FN2O4S. The van der Waals surface area contributed by atoms with Gasteiger partial charge >= 0.3 is 0 Å². The third kappa shape index (κ3) is 5.90. The Morgan fingerprint density at radius 1 is 1.03 bits per heavy atom. The van der Waals surface area contributed by atoms with Crippen molar-refractivity contribution in [1.29, 1.82) is 0 Å². The van der Waals surface area contributed by atoms with Crippen molar-refractivity contribution in [3.8, 4) is 5.75 Å². The highest BCUT2D eigenvalue weighted by atomic mass is 32.2. The minimum absolute atomic E-state index is 0.0218. The van der Waals surface area contributed by atoms with Crippen LogP contribution < -0.4 is 14.8 Å². The van der Waals surface area contributed by atoms with Crippen molar-refractivity contribution < 1.29 is 22.3 Å². The zero-order chi connectivity index (χ0) is 22.4. The number of sulfonamides is 1. The van der Waals surface area contributed by atoms with Gasteiger partial charge in [0.1, 0.15) is 22.5 Å². The molecule has 0 radical (unpaired) electrons. The van der Waals surface area contributed by atoms with E-state index in [4.69, 9.17) is 4.74 Å². The summed E-state index contributed by atoms with van der Waals surface area (Å²) in [6.45, 7) is 1.88. The Balaban J connectivity index is 1.92. The van der Waals surface area contributed by atoms with Crippen LogP contribution in [0, 0.1) is 12.7 Å². The molecule has 0 fully saturated rings. The predicted molar refractivity (Wildman–Crippen MR) is 117 cm³/mol. The van der Waals surface area contributed by atoms with Crippen LogP contribution >= 0.6 is 0 Å². The Labute approximate surface area is 181 Å². The van der Waals surface area contributed by atoms with Crippen molar-refractivity contribution >= 4 is 21.6 Å². The maximum absolute atomic E-state index is 13.8. The lowest BCUT2D eigenvalue weighted by atomic mass is 10.1. The molecule has 8 heteroatoms. The zero-order valence-corrected chi connectivity index (χ0v) is 17.9. The highest BCUT2D eigenvalue weighted by Crippen LogP contribution is 2.25. The lowest BCUT2D eigenvalue weighted by Crippen LogP contribution is -2.45. The number of carbonyl (C=O) groups excluding carboxylic acids is 1. The molecule has 0 heterocycles. The Morgan fingerprint density at radius 3 is 2.45 bits per heavy atom. The van der Waals surface area contributed by atoms with Crippen LogP contribution in [0.25, 0.3) is 0 Å². The van der Waals surface area contributed by atoms with Gasteiger partial charge in [0.25, 0.3) is 0 Å². The smallest absolute Gasteiger partial charge is 0.245 e. The van der Waals surface area contributed by atoms with Crippen LogP contribution in [0.15, 0.2) is 77.7 Å². The average molecular weight is 443 g/mol. The topological polar surface area (TPSA) is 84.5 Å². The standard InChI is InChI=1S/C23H23FN2O4S/c1-16-7-6-10-19(13-16)25-23(27)20(14-17-8-4-3-5-9-17)26-31(28,29)22-15-18(24)11-12-21(22)30-2/h3-13,15,20,26H,14H2,1-2H3,(H,25,27). The van der Waals surface area contributed by atoms with Gasteiger partial charge < -0.3 is 10.1 Å². The van der Waals surface area contributed by atoms with Gasteiger partial charge in [0.15, 0.2) is 0 Å². The molecule has 0 bridgehead atoms. The van der Waals surface area contributed by atoms with E-state index in [-0.39, 0.29) is 17.1 Å². The first-order valence-corrected chi connectivity index (χ1v) is 11.0. The second kappa shape index (κ2) is 9.72. The molecule has 0 spiro atoms. The van der Waals surface area contributed by atoms with E-state index >= 15 is 0 Å². The summed E-state index contributed by atoms with van der Waals surface area (Å²) in [6, 6.07) is 18.2. The second-order valence-corrected chi connectivity index (χ2v) is 8.70. The van der Waals surface area contributed by atoms with Crippen LogP contribution in [-0.2, 0) is 21.2 Å². The van der Waals surface area contributed by atoms with Crippen LogP contribution in [0.2, 0.25) is 0 Å². The molecule has 0 saturated heterocycles. The molecule has 6 nitrogen and oxygen atoms in total. The summed E-state index contributed by atoms with van der Waals surface area (Å²) in [5.74, 6) is -1.29. The van der Waals surface area contributed by atoms with Gasteiger partial charge in [-0.2, -0.15) is 4.72 Å². The Morgan fingerprint density at radius 2 is 1.77 bits per heavy atom. The summed E-state index contributed by atoms with van der Waals surface area (Å²) < 4.78 is 47.3. The molecule has 31 heavy (non-hydrogen) atoms. The maximum Gasteiger partial charge on any atom is 0.245 e. The molecular weight excluding hydrogens is 419 g/mol. The first-order valence-electron chi connectivity index (χ1n) is 9.56. The number of hydrogen-bond acceptors (Lipinski definition) is 4. The van der Waals surface area contributed by atoms with E-state index < -0.39 is 27.8 Å². The SMILES string of the molecule is COc1ccc(F)cc1S(=O)(=O)NC(Cc1ccccc1)C(=O)Nc1cccc(C)c1. The van der Waals surface area contributed by atoms with Crippen LogP contribution in [0.3, 0.4) is 0 Å². The Bertz CT molecular complexity index is 1170. The van der Waals surface area contributed by atoms with Gasteiger partial charge in [0.05, 0.1) is 7.11 Å². The number of amides is 1. The second-order valence-electron chi connectivity index (χ2n) is 7.02. The van der Waals surface area contributed by atoms with Crippen molar-refractivity contribution in [2.75, 3.05) is 12.4 Å². The van der Waals surface area contributed by atoms with E-state index in [1.54, 1.807) is 42.5 Å². The summed E-state index contributed by atoms with van der Waals surface area (Å²) in [7, 11) is -2.98. The summed E-state index contributed by atoms with van der Waals surface area (Å²) in [4.78, 5) is 12.6. The van der Waals surface area contributed by atoms with Crippen molar-refractivity contribution in [2.24, 2.45) is 0 Å². The summed E-state index contributed by atoms with van der Waals surface area (Å²) in [6.07, 6.45) is 0.106. The van der Waals surface area contributed by atoms with Gasteiger partial charge in [-0.3, -0.25) is 4.79 Å². The molecule has 0 saturated carbocycles. The van der Waals surface area contributed by atoms with Crippen LogP contribution in [-0.4, -0.2) is 27.5 Å². The third-order valence-corrected chi connectivity index (χ3v) is 6.09. The summed E-state index contributed by atoms with van der Waals surface area (Å²) in [5, 5.41) is 2.75. The zero-order valence-electron chi connectivity index (χ0n) is 17.1. The van der Waals surface area contributed by atoms with Gasteiger partial charge in [-0.05, 0) is 54.8 Å². The number of nitrogens with one attached hydrogen (secondary N) is 2. The maximum atomic E-state index is 13.8. The molecule has 3 aromatic carbocycles. The fraction of sp³-hybridized carbons (Fsp3) is 0.174. The van der Waals surface area contributed by atoms with E-state index in [1.165, 1.54) is 13.2 Å². The molecule has 1 amide bonds. The Kier molecular flexibility index (Phi) is 7.04. The Hall–Kier alpha value is -3.23. The third-order valence-electron chi connectivity index (χ3n) is 4.60. The molecule has 3 rings (SSSR count). The summed E-state index contributed by atoms with van der Waals surface area (Å²) >= 11 is 0. The number of ether oxygens (including phenoxy) is 1.